The van der Waals surface area contributed by atoms with Crippen LogP contribution in [0.4, 0.5) is 0 Å². The molecule has 0 bridgehead atoms. The first kappa shape index (κ1) is 9.17. The van der Waals surface area contributed by atoms with E-state index in [9.17, 15) is 0 Å². The van der Waals surface area contributed by atoms with Crippen molar-refractivity contribution >= 4 is 22.6 Å². The molecule has 0 aliphatic heterocycles. The molecule has 7 heteroatoms. The van der Waals surface area contributed by atoms with E-state index >= 15 is 0 Å². The lowest BCUT2D eigenvalue weighted by atomic mass is 10.2. The van der Waals surface area contributed by atoms with Crippen LogP contribution in [0, 0.1) is 0 Å². The standard InChI is InChI=1S/C9H5ClN6/c10-9-14-7(5-1-11-4-12-2-5)6-3-13-16-8(6)15-9/h1-4H,(H,13,14,15,16). The Hall–Kier alpha value is -2.08. The van der Waals surface area contributed by atoms with E-state index in [-0.39, 0.29) is 5.28 Å². The van der Waals surface area contributed by atoms with Crippen molar-refractivity contribution in [3.8, 4) is 11.3 Å². The molecule has 0 aliphatic rings. The largest absolute Gasteiger partial charge is 0.261 e. The second-order valence-corrected chi connectivity index (χ2v) is 3.44. The quantitative estimate of drug-likeness (QED) is 0.643. The molecule has 6 nitrogen and oxygen atoms in total. The first-order valence-corrected chi connectivity index (χ1v) is 4.84. The van der Waals surface area contributed by atoms with Crippen molar-refractivity contribution in [3.05, 3.63) is 30.2 Å². The third kappa shape index (κ3) is 1.40. The summed E-state index contributed by atoms with van der Waals surface area (Å²) >= 11 is 5.82. The zero-order valence-electron chi connectivity index (χ0n) is 7.92. The highest BCUT2D eigenvalue weighted by molar-refractivity contribution is 6.28. The monoisotopic (exact) mass is 232 g/mol. The van der Waals surface area contributed by atoms with E-state index < -0.39 is 0 Å². The Morgan fingerprint density at radius 2 is 1.88 bits per heavy atom. The first-order chi connectivity index (χ1) is 7.84. The predicted octanol–water partition coefficient (Wildman–Crippen LogP) is 1.46. The van der Waals surface area contributed by atoms with E-state index in [1.165, 1.54) is 6.33 Å². The predicted molar refractivity (Wildman–Crippen MR) is 57.7 cm³/mol. The summed E-state index contributed by atoms with van der Waals surface area (Å²) in [4.78, 5) is 16.0. The fraction of sp³-hybridized carbons (Fsp3) is 0. The van der Waals surface area contributed by atoms with Crippen molar-refractivity contribution in [2.24, 2.45) is 0 Å². The minimum Gasteiger partial charge on any atom is -0.261 e. The fourth-order valence-electron chi connectivity index (χ4n) is 1.45. The van der Waals surface area contributed by atoms with E-state index in [0.29, 0.717) is 11.3 Å². The summed E-state index contributed by atoms with van der Waals surface area (Å²) in [6.07, 6.45) is 6.43. The average molecular weight is 233 g/mol. The van der Waals surface area contributed by atoms with E-state index in [0.717, 1.165) is 10.9 Å². The molecule has 0 aromatic carbocycles. The Morgan fingerprint density at radius 3 is 2.69 bits per heavy atom. The molecule has 0 fully saturated rings. The Balaban J connectivity index is 2.34. The molecule has 3 rings (SSSR count). The minimum atomic E-state index is 0.163. The molecule has 0 unspecified atom stereocenters. The van der Waals surface area contributed by atoms with Gasteiger partial charge in [0.1, 0.15) is 6.33 Å². The smallest absolute Gasteiger partial charge is 0.224 e. The highest BCUT2D eigenvalue weighted by atomic mass is 35.5. The molecular formula is C9H5ClN6. The number of halogens is 1. The van der Waals surface area contributed by atoms with Gasteiger partial charge in [0.25, 0.3) is 0 Å². The van der Waals surface area contributed by atoms with Gasteiger partial charge in [-0.25, -0.2) is 15.0 Å². The molecule has 3 aromatic heterocycles. The van der Waals surface area contributed by atoms with Crippen LogP contribution in [0.2, 0.25) is 5.28 Å². The first-order valence-electron chi connectivity index (χ1n) is 4.46. The number of aromatic amines is 1. The van der Waals surface area contributed by atoms with Crippen LogP contribution in [0.1, 0.15) is 0 Å². The van der Waals surface area contributed by atoms with Gasteiger partial charge in [-0.2, -0.15) is 10.1 Å². The van der Waals surface area contributed by atoms with Crippen LogP contribution in [-0.4, -0.2) is 30.1 Å². The highest BCUT2D eigenvalue weighted by Gasteiger charge is 2.10. The van der Waals surface area contributed by atoms with Crippen LogP contribution < -0.4 is 0 Å². The topological polar surface area (TPSA) is 80.2 Å². The second kappa shape index (κ2) is 3.49. The Bertz CT molecular complexity index is 635. The highest BCUT2D eigenvalue weighted by Crippen LogP contribution is 2.24. The molecule has 0 saturated carbocycles. The lowest BCUT2D eigenvalue weighted by Gasteiger charge is -2.00. The molecule has 78 valence electrons. The van der Waals surface area contributed by atoms with Gasteiger partial charge < -0.3 is 0 Å². The Kier molecular flexibility index (Phi) is 2.00. The van der Waals surface area contributed by atoms with Crippen molar-refractivity contribution in [3.63, 3.8) is 0 Å². The van der Waals surface area contributed by atoms with Gasteiger partial charge in [0.05, 0.1) is 17.3 Å². The van der Waals surface area contributed by atoms with E-state index in [4.69, 9.17) is 11.6 Å². The molecule has 0 atom stereocenters. The normalized spacial score (nSPS) is 10.8. The molecule has 3 aromatic rings. The van der Waals surface area contributed by atoms with Gasteiger partial charge >= 0.3 is 0 Å². The number of aromatic nitrogens is 6. The molecule has 3 heterocycles. The lowest BCUT2D eigenvalue weighted by Crippen LogP contribution is -1.91. The van der Waals surface area contributed by atoms with Gasteiger partial charge in [-0.05, 0) is 11.6 Å². The summed E-state index contributed by atoms with van der Waals surface area (Å²) in [5.41, 5.74) is 2.04. The number of hydrogen-bond donors (Lipinski definition) is 1. The SMILES string of the molecule is Clc1nc(-c2cncnc2)c2cn[nH]c2n1. The molecule has 0 amide bonds. The average Bonchev–Trinajstić information content (AvgIpc) is 2.77. The van der Waals surface area contributed by atoms with Crippen molar-refractivity contribution < 1.29 is 0 Å². The van der Waals surface area contributed by atoms with Crippen LogP contribution in [-0.2, 0) is 0 Å². The molecule has 0 aliphatic carbocycles. The number of nitrogens with one attached hydrogen (secondary N) is 1. The van der Waals surface area contributed by atoms with Crippen LogP contribution in [0.5, 0.6) is 0 Å². The van der Waals surface area contributed by atoms with Crippen LogP contribution in [0.3, 0.4) is 0 Å². The maximum absolute atomic E-state index is 5.82. The van der Waals surface area contributed by atoms with Crippen molar-refractivity contribution in [2.45, 2.75) is 0 Å². The maximum atomic E-state index is 5.82. The molecular weight excluding hydrogens is 228 g/mol. The summed E-state index contributed by atoms with van der Waals surface area (Å²) < 4.78 is 0. The number of hydrogen-bond acceptors (Lipinski definition) is 5. The minimum absolute atomic E-state index is 0.163. The zero-order chi connectivity index (χ0) is 11.0. The van der Waals surface area contributed by atoms with Gasteiger partial charge in [0, 0.05) is 18.0 Å². The molecule has 0 radical (unpaired) electrons. The van der Waals surface area contributed by atoms with Crippen molar-refractivity contribution in [1.29, 1.82) is 0 Å². The van der Waals surface area contributed by atoms with Crippen LogP contribution in [0.25, 0.3) is 22.3 Å². The number of H-pyrrole nitrogens is 1. The van der Waals surface area contributed by atoms with Crippen molar-refractivity contribution in [1.82, 2.24) is 30.1 Å². The van der Waals surface area contributed by atoms with E-state index in [1.54, 1.807) is 18.6 Å². The number of fused-ring (bicyclic) bond motifs is 1. The summed E-state index contributed by atoms with van der Waals surface area (Å²) in [5.74, 6) is 0. The Morgan fingerprint density at radius 1 is 1.06 bits per heavy atom. The summed E-state index contributed by atoms with van der Waals surface area (Å²) in [5, 5.41) is 7.60. The summed E-state index contributed by atoms with van der Waals surface area (Å²) in [7, 11) is 0. The van der Waals surface area contributed by atoms with Gasteiger partial charge in [0.2, 0.25) is 5.28 Å². The third-order valence-corrected chi connectivity index (χ3v) is 2.29. The Labute approximate surface area is 94.7 Å². The summed E-state index contributed by atoms with van der Waals surface area (Å²) in [6, 6.07) is 0. The van der Waals surface area contributed by atoms with Crippen LogP contribution >= 0.6 is 11.6 Å². The maximum Gasteiger partial charge on any atom is 0.224 e. The van der Waals surface area contributed by atoms with Crippen molar-refractivity contribution in [2.75, 3.05) is 0 Å². The molecule has 0 spiro atoms. The number of rotatable bonds is 1. The zero-order valence-corrected chi connectivity index (χ0v) is 8.68. The van der Waals surface area contributed by atoms with E-state index in [2.05, 4.69) is 30.1 Å². The molecule has 1 N–H and O–H groups in total. The van der Waals surface area contributed by atoms with Gasteiger partial charge in [-0.3, -0.25) is 5.10 Å². The molecule has 16 heavy (non-hydrogen) atoms. The lowest BCUT2D eigenvalue weighted by molar-refractivity contribution is 1.09. The molecule has 0 saturated heterocycles. The van der Waals surface area contributed by atoms with Gasteiger partial charge in [-0.1, -0.05) is 0 Å². The van der Waals surface area contributed by atoms with Gasteiger partial charge in [0.15, 0.2) is 5.65 Å². The van der Waals surface area contributed by atoms with E-state index in [1.807, 2.05) is 0 Å². The fourth-order valence-corrected chi connectivity index (χ4v) is 1.62. The second-order valence-electron chi connectivity index (χ2n) is 3.10. The summed E-state index contributed by atoms with van der Waals surface area (Å²) in [6.45, 7) is 0. The number of nitrogens with zero attached hydrogens (tertiary/aromatic N) is 5. The van der Waals surface area contributed by atoms with Gasteiger partial charge in [-0.15, -0.1) is 0 Å². The third-order valence-electron chi connectivity index (χ3n) is 2.12. The van der Waals surface area contributed by atoms with Crippen LogP contribution in [0.15, 0.2) is 24.9 Å².